The molecular weight excluding hydrogens is 226 g/mol. The van der Waals surface area contributed by atoms with Crippen LogP contribution in [0.1, 0.15) is 0 Å². The quantitative estimate of drug-likeness (QED) is 0.577. The van der Waals surface area contributed by atoms with Gasteiger partial charge in [0, 0.05) is 13.1 Å². The van der Waals surface area contributed by atoms with Gasteiger partial charge in [0.1, 0.15) is 5.75 Å². The van der Waals surface area contributed by atoms with E-state index in [1.165, 1.54) is 0 Å². The second-order valence-electron chi connectivity index (χ2n) is 2.92. The summed E-state index contributed by atoms with van der Waals surface area (Å²) in [5, 5.41) is 1.58. The van der Waals surface area contributed by atoms with Gasteiger partial charge in [-0.05, 0) is 0 Å². The summed E-state index contributed by atoms with van der Waals surface area (Å²) >= 11 is 4.53. The highest BCUT2D eigenvalue weighted by molar-refractivity contribution is 7.92. The molecule has 0 spiro atoms. The van der Waals surface area contributed by atoms with Gasteiger partial charge < -0.3 is 10.5 Å². The first-order chi connectivity index (χ1) is 6.49. The van der Waals surface area contributed by atoms with Gasteiger partial charge in [0.25, 0.3) is 0 Å². The van der Waals surface area contributed by atoms with Crippen molar-refractivity contribution in [3.05, 3.63) is 0 Å². The lowest BCUT2D eigenvalue weighted by atomic mass is 10.5. The van der Waals surface area contributed by atoms with Crippen LogP contribution in [-0.4, -0.2) is 50.5 Å². The summed E-state index contributed by atoms with van der Waals surface area (Å²) < 4.78 is 27.8. The molecule has 14 heavy (non-hydrogen) atoms. The molecule has 0 saturated carbocycles. The van der Waals surface area contributed by atoms with Gasteiger partial charge in [0.05, 0.1) is 18.2 Å². The van der Waals surface area contributed by atoms with E-state index >= 15 is 0 Å². The number of nitrogens with two attached hydrogens (primary N) is 1. The summed E-state index contributed by atoms with van der Waals surface area (Å²) in [4.78, 5) is 2.35. The van der Waals surface area contributed by atoms with Crippen LogP contribution in [-0.2, 0) is 14.8 Å². The minimum absolute atomic E-state index is 0.0363. The Balaban J connectivity index is 2.45. The summed E-state index contributed by atoms with van der Waals surface area (Å²) in [6.07, 6.45) is 0. The molecule has 0 aromatic rings. The highest BCUT2D eigenvalue weighted by atomic mass is 32.2. The van der Waals surface area contributed by atoms with Crippen LogP contribution in [0, 0.1) is 0 Å². The number of hydrazine groups is 1. The predicted octanol–water partition coefficient (Wildman–Crippen LogP) is -1.56. The molecule has 1 aliphatic heterocycles. The molecule has 0 aliphatic carbocycles. The fourth-order valence-corrected chi connectivity index (χ4v) is 2.55. The maximum absolute atomic E-state index is 11.3. The molecule has 1 fully saturated rings. The van der Waals surface area contributed by atoms with E-state index in [4.69, 9.17) is 10.5 Å². The Morgan fingerprint density at radius 2 is 2.07 bits per heavy atom. The first kappa shape index (κ1) is 11.8. The monoisotopic (exact) mass is 239 g/mol. The van der Waals surface area contributed by atoms with Gasteiger partial charge >= 0.3 is 0 Å². The van der Waals surface area contributed by atoms with Gasteiger partial charge in [-0.25, -0.2) is 13.4 Å². The van der Waals surface area contributed by atoms with Crippen molar-refractivity contribution in [2.75, 3.05) is 32.1 Å². The van der Waals surface area contributed by atoms with Crippen molar-refractivity contribution in [2.45, 2.75) is 0 Å². The number of thiocarbonyl (C=S) groups is 1. The third kappa shape index (κ3) is 4.29. The standard InChI is InChI=1S/C6H13N3O3S2/c7-6(13)5-14(10,11)8-9-1-3-12-4-2-9/h8H,1-5H2,(H2,7,13). The zero-order chi connectivity index (χ0) is 10.6. The Kier molecular flexibility index (Phi) is 4.20. The topological polar surface area (TPSA) is 84.7 Å². The number of morpholine rings is 1. The Bertz CT molecular complexity index is 297. The normalized spacial score (nSPS) is 19.4. The molecule has 0 atom stereocenters. The number of hydrogen-bond acceptors (Lipinski definition) is 5. The molecule has 0 radical (unpaired) electrons. The summed E-state index contributed by atoms with van der Waals surface area (Å²) in [5.74, 6) is -0.320. The zero-order valence-electron chi connectivity index (χ0n) is 7.60. The fraction of sp³-hybridized carbons (Fsp3) is 0.833. The molecule has 1 rings (SSSR count). The zero-order valence-corrected chi connectivity index (χ0v) is 9.23. The summed E-state index contributed by atoms with van der Waals surface area (Å²) in [7, 11) is -3.43. The molecular formula is C6H13N3O3S2. The largest absolute Gasteiger partial charge is 0.392 e. The van der Waals surface area contributed by atoms with Crippen LogP contribution in [0.2, 0.25) is 0 Å². The van der Waals surface area contributed by atoms with E-state index in [0.29, 0.717) is 26.3 Å². The van der Waals surface area contributed by atoms with Crippen LogP contribution >= 0.6 is 12.2 Å². The van der Waals surface area contributed by atoms with E-state index in [1.807, 2.05) is 0 Å². The van der Waals surface area contributed by atoms with E-state index < -0.39 is 10.0 Å². The summed E-state index contributed by atoms with van der Waals surface area (Å²) in [6.45, 7) is 2.12. The first-order valence-corrected chi connectivity index (χ1v) is 6.17. The average molecular weight is 239 g/mol. The van der Waals surface area contributed by atoms with Crippen LogP contribution in [0.5, 0.6) is 0 Å². The van der Waals surface area contributed by atoms with Crippen LogP contribution in [0.4, 0.5) is 0 Å². The highest BCUT2D eigenvalue weighted by Gasteiger charge is 2.18. The summed E-state index contributed by atoms with van der Waals surface area (Å²) in [5.41, 5.74) is 5.15. The van der Waals surface area contributed by atoms with E-state index in [9.17, 15) is 8.42 Å². The minimum Gasteiger partial charge on any atom is -0.392 e. The minimum atomic E-state index is -3.43. The molecule has 0 unspecified atom stereocenters. The molecule has 1 aliphatic rings. The fourth-order valence-electron chi connectivity index (χ4n) is 1.07. The molecule has 0 bridgehead atoms. The van der Waals surface area contributed by atoms with Crippen molar-refractivity contribution >= 4 is 27.2 Å². The second-order valence-corrected chi connectivity index (χ2v) is 5.14. The lowest BCUT2D eigenvalue weighted by molar-refractivity contribution is 0.0273. The molecule has 6 nitrogen and oxygen atoms in total. The van der Waals surface area contributed by atoms with Crippen molar-refractivity contribution in [1.29, 1.82) is 0 Å². The predicted molar refractivity (Wildman–Crippen MR) is 56.1 cm³/mol. The number of nitrogens with zero attached hydrogens (tertiary/aromatic N) is 1. The Morgan fingerprint density at radius 3 is 2.57 bits per heavy atom. The number of hydrogen-bond donors (Lipinski definition) is 2. The lowest BCUT2D eigenvalue weighted by Gasteiger charge is -2.26. The van der Waals surface area contributed by atoms with Crippen molar-refractivity contribution in [2.24, 2.45) is 5.73 Å². The van der Waals surface area contributed by atoms with Gasteiger partial charge in [-0.3, -0.25) is 0 Å². The van der Waals surface area contributed by atoms with E-state index in [2.05, 4.69) is 17.0 Å². The lowest BCUT2D eigenvalue weighted by Crippen LogP contribution is -2.49. The van der Waals surface area contributed by atoms with Crippen LogP contribution < -0.4 is 10.6 Å². The molecule has 82 valence electrons. The number of rotatable bonds is 4. The van der Waals surface area contributed by atoms with Crippen molar-refractivity contribution in [3.63, 3.8) is 0 Å². The Hall–Kier alpha value is -0.280. The van der Waals surface area contributed by atoms with Crippen LogP contribution in [0.25, 0.3) is 0 Å². The van der Waals surface area contributed by atoms with Crippen LogP contribution in [0.3, 0.4) is 0 Å². The third-order valence-electron chi connectivity index (χ3n) is 1.61. The van der Waals surface area contributed by atoms with Crippen molar-refractivity contribution < 1.29 is 13.2 Å². The summed E-state index contributed by atoms with van der Waals surface area (Å²) in [6, 6.07) is 0. The molecule has 0 aromatic carbocycles. The van der Waals surface area contributed by atoms with E-state index in [0.717, 1.165) is 0 Å². The first-order valence-electron chi connectivity index (χ1n) is 4.11. The molecule has 1 saturated heterocycles. The molecule has 8 heteroatoms. The van der Waals surface area contributed by atoms with Crippen molar-refractivity contribution in [3.8, 4) is 0 Å². The molecule has 0 amide bonds. The molecule has 0 aromatic heterocycles. The molecule has 1 heterocycles. The number of sulfonamides is 1. The maximum atomic E-state index is 11.3. The van der Waals surface area contributed by atoms with E-state index in [1.54, 1.807) is 5.01 Å². The van der Waals surface area contributed by atoms with Gasteiger partial charge in [0.15, 0.2) is 0 Å². The van der Waals surface area contributed by atoms with E-state index in [-0.39, 0.29) is 10.7 Å². The van der Waals surface area contributed by atoms with Gasteiger partial charge in [0.2, 0.25) is 10.0 Å². The van der Waals surface area contributed by atoms with Gasteiger partial charge in [-0.15, -0.1) is 4.83 Å². The smallest absolute Gasteiger partial charge is 0.230 e. The molecule has 3 N–H and O–H groups in total. The average Bonchev–Trinajstić information content (AvgIpc) is 2.02. The third-order valence-corrected chi connectivity index (χ3v) is 3.17. The second kappa shape index (κ2) is 4.99. The Labute approximate surface area is 88.4 Å². The Morgan fingerprint density at radius 1 is 1.50 bits per heavy atom. The number of ether oxygens (including phenoxy) is 1. The maximum Gasteiger partial charge on any atom is 0.230 e. The van der Waals surface area contributed by atoms with Gasteiger partial charge in [-0.2, -0.15) is 0 Å². The number of nitrogens with one attached hydrogen (secondary N) is 1. The van der Waals surface area contributed by atoms with Crippen LogP contribution in [0.15, 0.2) is 0 Å². The van der Waals surface area contributed by atoms with Crippen molar-refractivity contribution in [1.82, 2.24) is 9.84 Å². The SMILES string of the molecule is NC(=S)CS(=O)(=O)NN1CCOCC1. The van der Waals surface area contributed by atoms with Gasteiger partial charge in [-0.1, -0.05) is 12.2 Å². The highest BCUT2D eigenvalue weighted by Crippen LogP contribution is 1.95.